The first-order valence-corrected chi connectivity index (χ1v) is 4.87. The molecule has 0 heterocycles. The summed E-state index contributed by atoms with van der Waals surface area (Å²) in [6, 6.07) is 0. The maximum atomic E-state index is 10.6. The summed E-state index contributed by atoms with van der Waals surface area (Å²) < 4.78 is 4.81. The second-order valence-corrected chi connectivity index (χ2v) is 2.59. The zero-order valence-electron chi connectivity index (χ0n) is 9.45. The van der Waals surface area contributed by atoms with Gasteiger partial charge in [0.1, 0.15) is 0 Å². The first-order chi connectivity index (χ1) is 6.92. The standard InChI is InChI=1S/C7H14N2O4.C2H6/c1-2-13-7(9,6(11)12)4-3-5(8)10;1-2/h2-4,9H2,1H3,(H2,8,10)(H,11,12);1-2H3/t7-;/m1./s1. The Morgan fingerprint density at radius 2 is 1.87 bits per heavy atom. The Labute approximate surface area is 89.6 Å². The number of hydrogen-bond donors (Lipinski definition) is 3. The largest absolute Gasteiger partial charge is 0.478 e. The number of hydrogen-bond acceptors (Lipinski definition) is 4. The highest BCUT2D eigenvalue weighted by atomic mass is 16.5. The van der Waals surface area contributed by atoms with Gasteiger partial charge < -0.3 is 15.6 Å². The molecule has 5 N–H and O–H groups in total. The van der Waals surface area contributed by atoms with Crippen molar-refractivity contribution in [2.45, 2.75) is 39.3 Å². The molecule has 0 aromatic carbocycles. The lowest BCUT2D eigenvalue weighted by atomic mass is 10.1. The van der Waals surface area contributed by atoms with Gasteiger partial charge in [0.05, 0.1) is 0 Å². The van der Waals surface area contributed by atoms with Gasteiger partial charge in [-0.25, -0.2) is 4.79 Å². The van der Waals surface area contributed by atoms with Gasteiger partial charge in [0.15, 0.2) is 0 Å². The van der Waals surface area contributed by atoms with Crippen molar-refractivity contribution in [1.29, 1.82) is 0 Å². The van der Waals surface area contributed by atoms with Crippen molar-refractivity contribution < 1.29 is 19.4 Å². The lowest BCUT2D eigenvalue weighted by molar-refractivity contribution is -0.166. The van der Waals surface area contributed by atoms with Crippen LogP contribution in [-0.2, 0) is 14.3 Å². The summed E-state index contributed by atoms with van der Waals surface area (Å²) in [5.41, 5.74) is 8.42. The summed E-state index contributed by atoms with van der Waals surface area (Å²) in [7, 11) is 0. The monoisotopic (exact) mass is 220 g/mol. The van der Waals surface area contributed by atoms with Crippen LogP contribution in [0.25, 0.3) is 0 Å². The van der Waals surface area contributed by atoms with Gasteiger partial charge in [-0.05, 0) is 6.92 Å². The lowest BCUT2D eigenvalue weighted by Crippen LogP contribution is -2.51. The SMILES string of the molecule is CC.CCO[C@](N)(CCC(N)=O)C(=O)O. The first-order valence-electron chi connectivity index (χ1n) is 4.87. The van der Waals surface area contributed by atoms with Gasteiger partial charge in [0.25, 0.3) is 0 Å². The van der Waals surface area contributed by atoms with Crippen molar-refractivity contribution in [1.82, 2.24) is 0 Å². The number of carboxylic acids is 1. The number of rotatable bonds is 6. The average molecular weight is 220 g/mol. The molecular weight excluding hydrogens is 200 g/mol. The highest BCUT2D eigenvalue weighted by molar-refractivity contribution is 5.79. The molecule has 6 heteroatoms. The van der Waals surface area contributed by atoms with Crippen LogP contribution in [0.4, 0.5) is 0 Å². The molecule has 0 aromatic rings. The molecule has 0 fully saturated rings. The number of carbonyl (C=O) groups is 2. The Bertz CT molecular complexity index is 208. The van der Waals surface area contributed by atoms with Gasteiger partial charge in [-0.15, -0.1) is 0 Å². The van der Waals surface area contributed by atoms with Crippen LogP contribution in [0.15, 0.2) is 0 Å². The predicted molar refractivity (Wildman–Crippen MR) is 56.0 cm³/mol. The van der Waals surface area contributed by atoms with E-state index in [9.17, 15) is 9.59 Å². The summed E-state index contributed by atoms with van der Waals surface area (Å²) >= 11 is 0. The molecule has 0 bridgehead atoms. The molecule has 15 heavy (non-hydrogen) atoms. The molecule has 0 aliphatic rings. The van der Waals surface area contributed by atoms with E-state index in [2.05, 4.69) is 0 Å². The Kier molecular flexibility index (Phi) is 8.90. The topological polar surface area (TPSA) is 116 Å². The Balaban J connectivity index is 0. The summed E-state index contributed by atoms with van der Waals surface area (Å²) in [5.74, 6) is -1.90. The van der Waals surface area contributed by atoms with Crippen molar-refractivity contribution in [2.24, 2.45) is 11.5 Å². The number of aliphatic carboxylic acids is 1. The quantitative estimate of drug-likeness (QED) is 0.547. The van der Waals surface area contributed by atoms with Crippen LogP contribution < -0.4 is 11.5 Å². The molecule has 6 nitrogen and oxygen atoms in total. The second-order valence-electron chi connectivity index (χ2n) is 2.59. The van der Waals surface area contributed by atoms with Crippen LogP contribution in [0.2, 0.25) is 0 Å². The minimum Gasteiger partial charge on any atom is -0.478 e. The third-order valence-corrected chi connectivity index (χ3v) is 1.51. The third kappa shape index (κ3) is 6.87. The van der Waals surface area contributed by atoms with Crippen molar-refractivity contribution in [3.05, 3.63) is 0 Å². The highest BCUT2D eigenvalue weighted by Gasteiger charge is 2.34. The number of carboxylic acid groups (broad SMARTS) is 1. The minimum absolute atomic E-state index is 0.108. The predicted octanol–water partition coefficient (Wildman–Crippen LogP) is 0.0542. The van der Waals surface area contributed by atoms with E-state index in [1.165, 1.54) is 0 Å². The van der Waals surface area contributed by atoms with E-state index in [1.54, 1.807) is 6.92 Å². The summed E-state index contributed by atoms with van der Waals surface area (Å²) in [6.07, 6.45) is -0.228. The lowest BCUT2D eigenvalue weighted by Gasteiger charge is -2.23. The van der Waals surface area contributed by atoms with Crippen molar-refractivity contribution >= 4 is 11.9 Å². The van der Waals surface area contributed by atoms with Crippen LogP contribution in [0.1, 0.15) is 33.6 Å². The zero-order valence-corrected chi connectivity index (χ0v) is 9.45. The molecule has 1 amide bonds. The maximum absolute atomic E-state index is 10.6. The number of amides is 1. The molecule has 0 saturated heterocycles. The smallest absolute Gasteiger partial charge is 0.351 e. The molecule has 0 unspecified atom stereocenters. The second kappa shape index (κ2) is 8.19. The van der Waals surface area contributed by atoms with Gasteiger partial charge >= 0.3 is 5.97 Å². The molecule has 0 rings (SSSR count). The Hall–Kier alpha value is -1.14. The Morgan fingerprint density at radius 3 is 2.13 bits per heavy atom. The van der Waals surface area contributed by atoms with Gasteiger partial charge in [0, 0.05) is 19.4 Å². The third-order valence-electron chi connectivity index (χ3n) is 1.51. The molecular formula is C9H20N2O4. The van der Waals surface area contributed by atoms with E-state index in [1.807, 2.05) is 13.8 Å². The molecule has 0 aliphatic carbocycles. The van der Waals surface area contributed by atoms with Gasteiger partial charge in [-0.2, -0.15) is 0 Å². The molecule has 1 atom stereocenters. The van der Waals surface area contributed by atoms with Crippen LogP contribution in [0, 0.1) is 0 Å². The van der Waals surface area contributed by atoms with E-state index in [4.69, 9.17) is 21.3 Å². The van der Waals surface area contributed by atoms with Gasteiger partial charge in [0.2, 0.25) is 11.6 Å². The van der Waals surface area contributed by atoms with Crippen molar-refractivity contribution in [3.63, 3.8) is 0 Å². The molecule has 0 radical (unpaired) electrons. The van der Waals surface area contributed by atoms with Crippen molar-refractivity contribution in [2.75, 3.05) is 6.61 Å². The van der Waals surface area contributed by atoms with Crippen LogP contribution in [-0.4, -0.2) is 29.3 Å². The minimum atomic E-state index is -1.80. The number of ether oxygens (including phenoxy) is 1. The normalized spacial score (nSPS) is 13.3. The average Bonchev–Trinajstić information content (AvgIpc) is 2.18. The molecule has 0 aromatic heterocycles. The van der Waals surface area contributed by atoms with Crippen LogP contribution in [0.3, 0.4) is 0 Å². The fourth-order valence-corrected chi connectivity index (χ4v) is 0.807. The van der Waals surface area contributed by atoms with Crippen molar-refractivity contribution in [3.8, 4) is 0 Å². The fourth-order valence-electron chi connectivity index (χ4n) is 0.807. The first kappa shape index (κ1) is 16.3. The summed E-state index contributed by atoms with van der Waals surface area (Å²) in [5, 5.41) is 8.67. The van der Waals surface area contributed by atoms with Crippen LogP contribution in [0.5, 0.6) is 0 Å². The summed E-state index contributed by atoms with van der Waals surface area (Å²) in [4.78, 5) is 21.0. The zero-order chi connectivity index (χ0) is 12.5. The molecule has 0 aliphatic heterocycles. The number of carbonyl (C=O) groups excluding carboxylic acids is 1. The molecule has 0 spiro atoms. The van der Waals surface area contributed by atoms with E-state index in [0.29, 0.717) is 0 Å². The highest BCUT2D eigenvalue weighted by Crippen LogP contribution is 2.11. The number of primary amides is 1. The summed E-state index contributed by atoms with van der Waals surface area (Å²) in [6.45, 7) is 5.79. The van der Waals surface area contributed by atoms with E-state index in [0.717, 1.165) is 0 Å². The molecule has 90 valence electrons. The van der Waals surface area contributed by atoms with E-state index in [-0.39, 0.29) is 19.4 Å². The maximum Gasteiger partial charge on any atom is 0.351 e. The Morgan fingerprint density at radius 1 is 1.40 bits per heavy atom. The fraction of sp³-hybridized carbons (Fsp3) is 0.778. The number of nitrogens with two attached hydrogens (primary N) is 2. The van der Waals surface area contributed by atoms with Gasteiger partial charge in [-0.1, -0.05) is 13.8 Å². The van der Waals surface area contributed by atoms with E-state index < -0.39 is 17.6 Å². The molecule has 0 saturated carbocycles. The van der Waals surface area contributed by atoms with Gasteiger partial charge in [-0.3, -0.25) is 10.5 Å². The van der Waals surface area contributed by atoms with Crippen LogP contribution >= 0.6 is 0 Å². The van der Waals surface area contributed by atoms with E-state index >= 15 is 0 Å².